The third-order valence-corrected chi connectivity index (χ3v) is 2.29. The van der Waals surface area contributed by atoms with Crippen molar-refractivity contribution in [3.8, 4) is 5.75 Å². The molecule has 0 unspecified atom stereocenters. The molecule has 0 N–H and O–H groups in total. The van der Waals surface area contributed by atoms with Crippen LogP contribution in [0.3, 0.4) is 0 Å². The van der Waals surface area contributed by atoms with Crippen molar-refractivity contribution in [1.29, 1.82) is 0 Å². The van der Waals surface area contributed by atoms with Gasteiger partial charge in [-0.25, -0.2) is 0 Å². The summed E-state index contributed by atoms with van der Waals surface area (Å²) in [5, 5.41) is 4.07. The fraction of sp³-hybridized carbons (Fsp3) is 0.273. The SMILES string of the molecule is COc1ccc(C=CCCN=[N+]=[N-])c(Cl)c1. The predicted octanol–water partition coefficient (Wildman–Crippen LogP) is 4.06. The van der Waals surface area contributed by atoms with Gasteiger partial charge in [0.15, 0.2) is 0 Å². The van der Waals surface area contributed by atoms with Crippen molar-refractivity contribution in [1.82, 2.24) is 0 Å². The Kier molecular flexibility index (Phi) is 5.26. The van der Waals surface area contributed by atoms with Gasteiger partial charge in [-0.3, -0.25) is 0 Å². The van der Waals surface area contributed by atoms with E-state index >= 15 is 0 Å². The van der Waals surface area contributed by atoms with Crippen molar-refractivity contribution in [3.05, 3.63) is 45.3 Å². The van der Waals surface area contributed by atoms with Crippen LogP contribution in [-0.4, -0.2) is 13.7 Å². The summed E-state index contributed by atoms with van der Waals surface area (Å²) in [6.07, 6.45) is 4.52. The molecule has 16 heavy (non-hydrogen) atoms. The number of methoxy groups -OCH3 is 1. The van der Waals surface area contributed by atoms with E-state index in [4.69, 9.17) is 21.9 Å². The summed E-state index contributed by atoms with van der Waals surface area (Å²) in [7, 11) is 1.60. The predicted molar refractivity (Wildman–Crippen MR) is 65.7 cm³/mol. The molecule has 0 saturated carbocycles. The lowest BCUT2D eigenvalue weighted by Crippen LogP contribution is -1.83. The number of azide groups is 1. The maximum absolute atomic E-state index is 8.08. The molecule has 0 aliphatic carbocycles. The van der Waals surface area contributed by atoms with E-state index in [1.165, 1.54) is 0 Å². The number of rotatable bonds is 5. The Morgan fingerprint density at radius 1 is 1.56 bits per heavy atom. The summed E-state index contributed by atoms with van der Waals surface area (Å²) >= 11 is 6.04. The summed E-state index contributed by atoms with van der Waals surface area (Å²) in [6.45, 7) is 0.459. The summed E-state index contributed by atoms with van der Waals surface area (Å²) in [4.78, 5) is 2.67. The molecule has 1 rings (SSSR count). The highest BCUT2D eigenvalue weighted by atomic mass is 35.5. The third kappa shape index (κ3) is 3.85. The summed E-state index contributed by atoms with van der Waals surface area (Å²) in [6, 6.07) is 5.48. The van der Waals surface area contributed by atoms with Gasteiger partial charge in [-0.05, 0) is 35.7 Å². The monoisotopic (exact) mass is 237 g/mol. The second-order valence-electron chi connectivity index (χ2n) is 3.03. The molecule has 0 spiro atoms. The minimum absolute atomic E-state index is 0.459. The van der Waals surface area contributed by atoms with Crippen LogP contribution in [0.2, 0.25) is 5.02 Å². The third-order valence-electron chi connectivity index (χ3n) is 1.96. The number of nitrogens with zero attached hydrogens (tertiary/aromatic N) is 3. The van der Waals surface area contributed by atoms with Crippen LogP contribution in [0.4, 0.5) is 0 Å². The number of halogens is 1. The van der Waals surface area contributed by atoms with Crippen LogP contribution >= 0.6 is 11.6 Å². The van der Waals surface area contributed by atoms with Crippen LogP contribution in [0.25, 0.3) is 16.5 Å². The second-order valence-corrected chi connectivity index (χ2v) is 3.44. The van der Waals surface area contributed by atoms with E-state index < -0.39 is 0 Å². The Bertz CT molecular complexity index is 425. The van der Waals surface area contributed by atoms with Crippen molar-refractivity contribution in [2.24, 2.45) is 5.11 Å². The smallest absolute Gasteiger partial charge is 0.120 e. The topological polar surface area (TPSA) is 58.0 Å². The van der Waals surface area contributed by atoms with E-state index in [2.05, 4.69) is 10.0 Å². The Morgan fingerprint density at radius 2 is 2.38 bits per heavy atom. The average Bonchev–Trinajstić information content (AvgIpc) is 2.30. The molecule has 0 aliphatic heterocycles. The molecule has 4 nitrogen and oxygen atoms in total. The average molecular weight is 238 g/mol. The van der Waals surface area contributed by atoms with Gasteiger partial charge in [0.25, 0.3) is 0 Å². The van der Waals surface area contributed by atoms with Crippen LogP contribution in [0.5, 0.6) is 5.75 Å². The standard InChI is InChI=1S/C11H12ClN3O/c1-16-10-6-5-9(11(12)8-10)4-2-3-7-14-15-13/h2,4-6,8H,3,7H2,1H3. The van der Waals surface area contributed by atoms with E-state index in [1.54, 1.807) is 13.2 Å². The van der Waals surface area contributed by atoms with Gasteiger partial charge >= 0.3 is 0 Å². The molecule has 0 aliphatic rings. The Hall–Kier alpha value is -1.64. The Labute approximate surface area is 99.1 Å². The fourth-order valence-electron chi connectivity index (χ4n) is 1.16. The molecular weight excluding hydrogens is 226 g/mol. The van der Waals surface area contributed by atoms with Crippen LogP contribution in [0.1, 0.15) is 12.0 Å². The molecule has 0 fully saturated rings. The van der Waals surface area contributed by atoms with Gasteiger partial charge in [0.05, 0.1) is 12.1 Å². The van der Waals surface area contributed by atoms with Crippen molar-refractivity contribution in [2.75, 3.05) is 13.7 Å². The summed E-state index contributed by atoms with van der Waals surface area (Å²) in [5.74, 6) is 0.733. The molecule has 0 amide bonds. The number of ether oxygens (including phenoxy) is 1. The second kappa shape index (κ2) is 6.77. The number of hydrogen-bond acceptors (Lipinski definition) is 2. The van der Waals surface area contributed by atoms with Gasteiger partial charge in [-0.15, -0.1) is 0 Å². The van der Waals surface area contributed by atoms with E-state index in [-0.39, 0.29) is 0 Å². The zero-order valence-corrected chi connectivity index (χ0v) is 9.68. The Morgan fingerprint density at radius 3 is 3.00 bits per heavy atom. The fourth-order valence-corrected chi connectivity index (χ4v) is 1.39. The zero-order chi connectivity index (χ0) is 11.8. The van der Waals surface area contributed by atoms with E-state index in [0.717, 1.165) is 11.3 Å². The Balaban J connectivity index is 2.63. The van der Waals surface area contributed by atoms with Crippen LogP contribution < -0.4 is 4.74 Å². The largest absolute Gasteiger partial charge is 0.497 e. The van der Waals surface area contributed by atoms with E-state index in [1.807, 2.05) is 24.3 Å². The minimum Gasteiger partial charge on any atom is -0.497 e. The highest BCUT2D eigenvalue weighted by Gasteiger charge is 1.98. The lowest BCUT2D eigenvalue weighted by Gasteiger charge is -2.02. The van der Waals surface area contributed by atoms with Crippen molar-refractivity contribution >= 4 is 17.7 Å². The van der Waals surface area contributed by atoms with Gasteiger partial charge in [0, 0.05) is 11.5 Å². The number of hydrogen-bond donors (Lipinski definition) is 0. The first-order valence-electron chi connectivity index (χ1n) is 4.79. The lowest BCUT2D eigenvalue weighted by atomic mass is 10.2. The molecule has 0 bridgehead atoms. The molecule has 1 aromatic rings. The molecule has 0 heterocycles. The van der Waals surface area contributed by atoms with E-state index in [9.17, 15) is 0 Å². The lowest BCUT2D eigenvalue weighted by molar-refractivity contribution is 0.415. The van der Waals surface area contributed by atoms with Gasteiger partial charge in [-0.1, -0.05) is 28.9 Å². The quantitative estimate of drug-likeness (QED) is 0.330. The normalized spacial score (nSPS) is 10.1. The van der Waals surface area contributed by atoms with Crippen LogP contribution in [-0.2, 0) is 0 Å². The first-order chi connectivity index (χ1) is 7.77. The first kappa shape index (κ1) is 12.4. The maximum atomic E-state index is 8.08. The highest BCUT2D eigenvalue weighted by molar-refractivity contribution is 6.32. The first-order valence-corrected chi connectivity index (χ1v) is 5.16. The molecule has 1 aromatic carbocycles. The highest BCUT2D eigenvalue weighted by Crippen LogP contribution is 2.23. The van der Waals surface area contributed by atoms with Crippen LogP contribution in [0.15, 0.2) is 29.4 Å². The van der Waals surface area contributed by atoms with Crippen LogP contribution in [0, 0.1) is 0 Å². The molecule has 0 radical (unpaired) electrons. The van der Waals surface area contributed by atoms with Gasteiger partial charge in [0.2, 0.25) is 0 Å². The van der Waals surface area contributed by atoms with Crippen molar-refractivity contribution in [2.45, 2.75) is 6.42 Å². The molecule has 84 valence electrons. The molecule has 5 heteroatoms. The van der Waals surface area contributed by atoms with Gasteiger partial charge in [0.1, 0.15) is 5.75 Å². The number of benzene rings is 1. The molecule has 0 aromatic heterocycles. The minimum atomic E-state index is 0.459. The van der Waals surface area contributed by atoms with Crippen molar-refractivity contribution in [3.63, 3.8) is 0 Å². The molecule has 0 atom stereocenters. The zero-order valence-electron chi connectivity index (χ0n) is 8.93. The van der Waals surface area contributed by atoms with Gasteiger partial charge in [-0.2, -0.15) is 0 Å². The maximum Gasteiger partial charge on any atom is 0.120 e. The van der Waals surface area contributed by atoms with E-state index in [0.29, 0.717) is 18.0 Å². The summed E-state index contributed by atoms with van der Waals surface area (Å²) < 4.78 is 5.04. The van der Waals surface area contributed by atoms with Crippen molar-refractivity contribution < 1.29 is 4.74 Å². The molecule has 0 saturated heterocycles. The molecular formula is C11H12ClN3O. The van der Waals surface area contributed by atoms with Gasteiger partial charge < -0.3 is 4.74 Å². The summed E-state index contributed by atoms with van der Waals surface area (Å²) in [5.41, 5.74) is 9.00.